The minimum atomic E-state index is -4.18. The largest absolute Gasteiger partial charge is 0.458 e. The second-order valence-corrected chi connectivity index (χ2v) is 8.85. The molecule has 2 aromatic carbocycles. The lowest BCUT2D eigenvalue weighted by Gasteiger charge is -2.10. The monoisotopic (exact) mass is 467 g/mol. The average Bonchev–Trinajstić information content (AvgIpc) is 2.79. The summed E-state index contributed by atoms with van der Waals surface area (Å²) in [6, 6.07) is 16.5. The van der Waals surface area contributed by atoms with E-state index in [-0.39, 0.29) is 28.2 Å². The molecule has 10 heteroatoms. The summed E-state index contributed by atoms with van der Waals surface area (Å²) in [6.45, 7) is 3.38. The van der Waals surface area contributed by atoms with Gasteiger partial charge in [-0.15, -0.1) is 0 Å². The van der Waals surface area contributed by atoms with Crippen LogP contribution in [-0.4, -0.2) is 37.3 Å². The highest BCUT2D eigenvalue weighted by atomic mass is 32.2. The van der Waals surface area contributed by atoms with Gasteiger partial charge in [0, 0.05) is 17.4 Å². The first-order chi connectivity index (χ1) is 15.7. The summed E-state index contributed by atoms with van der Waals surface area (Å²) in [5, 5.41) is 2.66. The molecule has 0 spiro atoms. The number of carbonyl (C=O) groups is 3. The number of nitrogens with one attached hydrogen (secondary N) is 2. The number of hydrogen-bond acceptors (Lipinski definition) is 7. The smallest absolute Gasteiger partial charge is 0.357 e. The van der Waals surface area contributed by atoms with Gasteiger partial charge in [-0.05, 0) is 62.4 Å². The number of ether oxygens (including phenoxy) is 1. The molecule has 0 saturated heterocycles. The fourth-order valence-electron chi connectivity index (χ4n) is 2.67. The van der Waals surface area contributed by atoms with Gasteiger partial charge in [-0.3, -0.25) is 9.59 Å². The number of rotatable bonds is 7. The highest BCUT2D eigenvalue weighted by molar-refractivity contribution is 7.90. The van der Waals surface area contributed by atoms with E-state index in [1.54, 1.807) is 44.2 Å². The maximum Gasteiger partial charge on any atom is 0.357 e. The van der Waals surface area contributed by atoms with Crippen LogP contribution in [0.4, 0.5) is 5.69 Å². The fraction of sp³-hybridized carbons (Fsp3) is 0.130. The predicted molar refractivity (Wildman–Crippen MR) is 120 cm³/mol. The minimum Gasteiger partial charge on any atom is -0.458 e. The minimum absolute atomic E-state index is 0.00348. The van der Waals surface area contributed by atoms with Gasteiger partial charge in [0.1, 0.15) is 5.69 Å². The first kappa shape index (κ1) is 23.6. The first-order valence-corrected chi connectivity index (χ1v) is 11.3. The predicted octanol–water partition coefficient (Wildman–Crippen LogP) is 3.02. The van der Waals surface area contributed by atoms with Crippen LogP contribution in [0.1, 0.15) is 45.1 Å². The highest BCUT2D eigenvalue weighted by Gasteiger charge is 2.20. The zero-order valence-corrected chi connectivity index (χ0v) is 18.6. The number of sulfonamides is 1. The lowest BCUT2D eigenvalue weighted by atomic mass is 10.2. The van der Waals surface area contributed by atoms with Crippen LogP contribution < -0.4 is 10.0 Å². The lowest BCUT2D eigenvalue weighted by Crippen LogP contribution is -2.30. The topological polar surface area (TPSA) is 132 Å². The van der Waals surface area contributed by atoms with Crippen molar-refractivity contribution in [2.45, 2.75) is 24.8 Å². The van der Waals surface area contributed by atoms with Gasteiger partial charge in [0.15, 0.2) is 0 Å². The Bertz CT molecular complexity index is 1260. The summed E-state index contributed by atoms with van der Waals surface area (Å²) in [6.07, 6.45) is 0.759. The molecule has 2 N–H and O–H groups in total. The molecule has 3 rings (SSSR count). The van der Waals surface area contributed by atoms with Crippen LogP contribution in [0.15, 0.2) is 77.8 Å². The summed E-state index contributed by atoms with van der Waals surface area (Å²) >= 11 is 0. The molecule has 0 atom stereocenters. The number of nitrogens with zero attached hydrogens (tertiary/aromatic N) is 1. The summed E-state index contributed by atoms with van der Waals surface area (Å²) in [4.78, 5) is 40.1. The molecule has 0 bridgehead atoms. The van der Waals surface area contributed by atoms with Gasteiger partial charge >= 0.3 is 5.97 Å². The van der Waals surface area contributed by atoms with Gasteiger partial charge in [-0.25, -0.2) is 22.9 Å². The van der Waals surface area contributed by atoms with Crippen molar-refractivity contribution in [3.05, 3.63) is 89.7 Å². The second kappa shape index (κ2) is 10.0. The van der Waals surface area contributed by atoms with E-state index in [0.717, 1.165) is 6.20 Å². The van der Waals surface area contributed by atoms with E-state index in [4.69, 9.17) is 4.74 Å². The molecule has 1 aromatic heterocycles. The molecule has 2 amide bonds. The standard InChI is InChI=1S/C23H21N3O6S/c1-15(2)32-23(29)20-13-8-17(14-24-20)22(28)26-33(30,31)19-11-9-18(10-12-19)25-21(27)16-6-4-3-5-7-16/h3-15H,1-2H3,(H,25,27)(H,26,28). The molecule has 0 fully saturated rings. The zero-order valence-electron chi connectivity index (χ0n) is 17.8. The van der Waals surface area contributed by atoms with Crippen LogP contribution in [0.25, 0.3) is 0 Å². The number of carbonyl (C=O) groups excluding carboxylic acids is 3. The van der Waals surface area contributed by atoms with Gasteiger partial charge in [0.25, 0.3) is 21.8 Å². The Kier molecular flexibility index (Phi) is 7.19. The number of esters is 1. The number of pyridine rings is 1. The molecule has 0 aliphatic heterocycles. The Hall–Kier alpha value is -4.05. The highest BCUT2D eigenvalue weighted by Crippen LogP contribution is 2.16. The van der Waals surface area contributed by atoms with E-state index in [9.17, 15) is 22.8 Å². The Morgan fingerprint density at radius 2 is 1.52 bits per heavy atom. The summed E-state index contributed by atoms with van der Waals surface area (Å²) in [5.41, 5.74) is 0.795. The molecule has 0 unspecified atom stereocenters. The Labute approximate surface area is 190 Å². The van der Waals surface area contributed by atoms with Gasteiger partial charge in [0.05, 0.1) is 16.6 Å². The number of hydrogen-bond donors (Lipinski definition) is 2. The first-order valence-electron chi connectivity index (χ1n) is 9.86. The van der Waals surface area contributed by atoms with E-state index >= 15 is 0 Å². The van der Waals surface area contributed by atoms with Gasteiger partial charge in [-0.2, -0.15) is 0 Å². The molecule has 9 nitrogen and oxygen atoms in total. The quantitative estimate of drug-likeness (QED) is 0.511. The maximum atomic E-state index is 12.6. The summed E-state index contributed by atoms with van der Waals surface area (Å²) < 4.78 is 32.1. The number of anilines is 1. The molecular weight excluding hydrogens is 446 g/mol. The van der Waals surface area contributed by atoms with Crippen LogP contribution in [0, 0.1) is 0 Å². The molecule has 0 aliphatic carbocycles. The molecule has 170 valence electrons. The number of benzene rings is 2. The van der Waals surface area contributed by atoms with Crippen LogP contribution in [0.3, 0.4) is 0 Å². The molecule has 0 aliphatic rings. The fourth-order valence-corrected chi connectivity index (χ4v) is 3.65. The van der Waals surface area contributed by atoms with E-state index < -0.39 is 21.9 Å². The van der Waals surface area contributed by atoms with E-state index in [0.29, 0.717) is 11.3 Å². The van der Waals surface area contributed by atoms with Crippen molar-refractivity contribution >= 4 is 33.5 Å². The van der Waals surface area contributed by atoms with Crippen molar-refractivity contribution < 1.29 is 27.5 Å². The number of amides is 2. The van der Waals surface area contributed by atoms with E-state index in [1.807, 2.05) is 4.72 Å². The third kappa shape index (κ3) is 6.23. The van der Waals surface area contributed by atoms with Gasteiger partial charge in [0.2, 0.25) is 0 Å². The molecule has 0 radical (unpaired) electrons. The third-order valence-corrected chi connectivity index (χ3v) is 5.61. The Morgan fingerprint density at radius 1 is 0.848 bits per heavy atom. The van der Waals surface area contributed by atoms with Crippen LogP contribution in [-0.2, 0) is 14.8 Å². The molecule has 3 aromatic rings. The molecular formula is C23H21N3O6S. The van der Waals surface area contributed by atoms with Crippen LogP contribution in [0.5, 0.6) is 0 Å². The Morgan fingerprint density at radius 3 is 2.09 bits per heavy atom. The van der Waals surface area contributed by atoms with Crippen LogP contribution >= 0.6 is 0 Å². The van der Waals surface area contributed by atoms with Crippen molar-refractivity contribution in [1.29, 1.82) is 0 Å². The normalized spacial score (nSPS) is 11.0. The number of aromatic nitrogens is 1. The summed E-state index contributed by atoms with van der Waals surface area (Å²) in [5.74, 6) is -1.90. The zero-order chi connectivity index (χ0) is 24.0. The SMILES string of the molecule is CC(C)OC(=O)c1ccc(C(=O)NS(=O)(=O)c2ccc(NC(=O)c3ccccc3)cc2)cn1. The summed E-state index contributed by atoms with van der Waals surface area (Å²) in [7, 11) is -4.18. The Balaban J connectivity index is 1.65. The van der Waals surface area contributed by atoms with Crippen molar-refractivity contribution in [2.24, 2.45) is 0 Å². The lowest BCUT2D eigenvalue weighted by molar-refractivity contribution is 0.0370. The van der Waals surface area contributed by atoms with Gasteiger partial charge in [-0.1, -0.05) is 18.2 Å². The van der Waals surface area contributed by atoms with Crippen LogP contribution in [0.2, 0.25) is 0 Å². The molecule has 1 heterocycles. The maximum absolute atomic E-state index is 12.6. The molecule has 33 heavy (non-hydrogen) atoms. The van der Waals surface area contributed by atoms with E-state index in [2.05, 4.69) is 10.3 Å². The van der Waals surface area contributed by atoms with E-state index in [1.165, 1.54) is 36.4 Å². The molecule has 0 saturated carbocycles. The van der Waals surface area contributed by atoms with Gasteiger partial charge < -0.3 is 10.1 Å². The van der Waals surface area contributed by atoms with Crippen molar-refractivity contribution in [1.82, 2.24) is 9.71 Å². The van der Waals surface area contributed by atoms with Crippen molar-refractivity contribution in [2.75, 3.05) is 5.32 Å². The average molecular weight is 468 g/mol. The third-order valence-electron chi connectivity index (χ3n) is 4.26. The van der Waals surface area contributed by atoms with Crippen molar-refractivity contribution in [3.8, 4) is 0 Å². The second-order valence-electron chi connectivity index (χ2n) is 7.17. The van der Waals surface area contributed by atoms with Crippen molar-refractivity contribution in [3.63, 3.8) is 0 Å².